The summed E-state index contributed by atoms with van der Waals surface area (Å²) in [6.07, 6.45) is 9.10. The molecule has 6 rings (SSSR count). The standard InChI is InChI=1S/C27H30N4O2/c32-27(21-8-10-29-26(18-21)30-11-13-33-14-12-30)31-22-6-7-23(31)17-19(16-22)15-20-3-1-5-25-24(20)4-2-9-28-25/h1-5,8-10,18-19,22-23H,6-7,11-17H2. The number of hydrogen-bond acceptors (Lipinski definition) is 5. The number of benzene rings is 1. The number of anilines is 1. The number of hydrogen-bond donors (Lipinski definition) is 0. The third-order valence-electron chi connectivity index (χ3n) is 7.64. The van der Waals surface area contributed by atoms with Crippen LogP contribution in [0.25, 0.3) is 10.9 Å². The van der Waals surface area contributed by atoms with Gasteiger partial charge in [0, 0.05) is 48.5 Å². The Hall–Kier alpha value is -2.99. The van der Waals surface area contributed by atoms with Crippen LogP contribution in [0, 0.1) is 5.92 Å². The Bertz CT molecular complexity index is 1140. The molecule has 5 heterocycles. The van der Waals surface area contributed by atoms with Crippen molar-refractivity contribution in [2.24, 2.45) is 5.92 Å². The van der Waals surface area contributed by atoms with Gasteiger partial charge in [-0.05, 0) is 67.9 Å². The Morgan fingerprint density at radius 3 is 2.61 bits per heavy atom. The highest BCUT2D eigenvalue weighted by Gasteiger charge is 2.43. The number of carbonyl (C=O) groups excluding carboxylic acids is 1. The van der Waals surface area contributed by atoms with E-state index in [1.54, 1.807) is 6.20 Å². The molecule has 0 saturated carbocycles. The zero-order valence-electron chi connectivity index (χ0n) is 18.9. The predicted molar refractivity (Wildman–Crippen MR) is 128 cm³/mol. The normalized spacial score (nSPS) is 24.9. The molecule has 1 aromatic carbocycles. The Labute approximate surface area is 194 Å². The monoisotopic (exact) mass is 442 g/mol. The molecule has 3 aliphatic heterocycles. The number of pyridine rings is 2. The maximum Gasteiger partial charge on any atom is 0.254 e. The highest BCUT2D eigenvalue weighted by Crippen LogP contribution is 2.41. The Morgan fingerprint density at radius 2 is 1.79 bits per heavy atom. The lowest BCUT2D eigenvalue weighted by Gasteiger charge is -2.39. The first-order chi connectivity index (χ1) is 16.3. The first-order valence-corrected chi connectivity index (χ1v) is 12.2. The van der Waals surface area contributed by atoms with Gasteiger partial charge in [-0.25, -0.2) is 4.98 Å². The molecule has 3 saturated heterocycles. The molecule has 33 heavy (non-hydrogen) atoms. The minimum Gasteiger partial charge on any atom is -0.378 e. The second-order valence-electron chi connectivity index (χ2n) is 9.63. The molecule has 2 atom stereocenters. The summed E-state index contributed by atoms with van der Waals surface area (Å²) in [7, 11) is 0. The molecule has 170 valence electrons. The molecule has 0 spiro atoms. The quantitative estimate of drug-likeness (QED) is 0.609. The minimum atomic E-state index is 0.173. The van der Waals surface area contributed by atoms with Crippen molar-refractivity contribution in [1.29, 1.82) is 0 Å². The highest BCUT2D eigenvalue weighted by molar-refractivity contribution is 5.95. The van der Waals surface area contributed by atoms with Gasteiger partial charge in [0.05, 0.1) is 18.7 Å². The van der Waals surface area contributed by atoms with E-state index in [4.69, 9.17) is 4.74 Å². The lowest BCUT2D eigenvalue weighted by molar-refractivity contribution is 0.0524. The van der Waals surface area contributed by atoms with Crippen LogP contribution >= 0.6 is 0 Å². The van der Waals surface area contributed by atoms with Crippen LogP contribution in [0.2, 0.25) is 0 Å². The molecule has 0 radical (unpaired) electrons. The fourth-order valence-electron chi connectivity index (χ4n) is 6.11. The molecule has 6 nitrogen and oxygen atoms in total. The zero-order valence-corrected chi connectivity index (χ0v) is 18.9. The highest BCUT2D eigenvalue weighted by atomic mass is 16.5. The van der Waals surface area contributed by atoms with Crippen LogP contribution in [0.1, 0.15) is 41.6 Å². The number of aromatic nitrogens is 2. The summed E-state index contributed by atoms with van der Waals surface area (Å²) in [5.74, 6) is 1.67. The molecule has 2 aromatic heterocycles. The molecule has 2 unspecified atom stereocenters. The number of carbonyl (C=O) groups is 1. The Kier molecular flexibility index (Phi) is 5.46. The molecular weight excluding hydrogens is 412 g/mol. The van der Waals surface area contributed by atoms with Gasteiger partial charge in [-0.2, -0.15) is 0 Å². The third kappa shape index (κ3) is 3.97. The molecule has 1 amide bonds. The fourth-order valence-corrected chi connectivity index (χ4v) is 6.11. The first kappa shape index (κ1) is 20.6. The van der Waals surface area contributed by atoms with Gasteiger partial charge in [0.25, 0.3) is 5.91 Å². The van der Waals surface area contributed by atoms with Crippen molar-refractivity contribution in [3.8, 4) is 0 Å². The number of morpholine rings is 1. The Morgan fingerprint density at radius 1 is 0.970 bits per heavy atom. The second kappa shape index (κ2) is 8.75. The van der Waals surface area contributed by atoms with Crippen LogP contribution in [0.4, 0.5) is 5.82 Å². The predicted octanol–water partition coefficient (Wildman–Crippen LogP) is 4.09. The van der Waals surface area contributed by atoms with Crippen molar-refractivity contribution in [2.75, 3.05) is 31.2 Å². The number of amides is 1. The Balaban J connectivity index is 1.18. The van der Waals surface area contributed by atoms with Crippen molar-refractivity contribution < 1.29 is 9.53 Å². The molecule has 2 bridgehead atoms. The maximum absolute atomic E-state index is 13.6. The largest absolute Gasteiger partial charge is 0.378 e. The molecular formula is C27H30N4O2. The van der Waals surface area contributed by atoms with Gasteiger partial charge in [0.15, 0.2) is 0 Å². The topological polar surface area (TPSA) is 58.6 Å². The van der Waals surface area contributed by atoms with Crippen molar-refractivity contribution in [2.45, 2.75) is 44.2 Å². The molecule has 3 aliphatic rings. The van der Waals surface area contributed by atoms with E-state index in [2.05, 4.69) is 44.0 Å². The smallest absolute Gasteiger partial charge is 0.254 e. The summed E-state index contributed by atoms with van der Waals surface area (Å²) < 4.78 is 5.46. The summed E-state index contributed by atoms with van der Waals surface area (Å²) >= 11 is 0. The van der Waals surface area contributed by atoms with Gasteiger partial charge >= 0.3 is 0 Å². The van der Waals surface area contributed by atoms with Crippen LogP contribution < -0.4 is 4.90 Å². The lowest BCUT2D eigenvalue weighted by Crippen LogP contribution is -2.47. The number of nitrogens with zero attached hydrogens (tertiary/aromatic N) is 4. The summed E-state index contributed by atoms with van der Waals surface area (Å²) in [4.78, 5) is 27.0. The van der Waals surface area contributed by atoms with Crippen molar-refractivity contribution in [1.82, 2.24) is 14.9 Å². The molecule has 6 heteroatoms. The van der Waals surface area contributed by atoms with E-state index in [-0.39, 0.29) is 5.91 Å². The summed E-state index contributed by atoms with van der Waals surface area (Å²) in [6.45, 7) is 3.07. The van der Waals surface area contributed by atoms with E-state index in [0.717, 1.165) is 62.1 Å². The van der Waals surface area contributed by atoms with Crippen LogP contribution in [-0.2, 0) is 11.2 Å². The van der Waals surface area contributed by atoms with E-state index in [0.29, 0.717) is 31.2 Å². The average Bonchev–Trinajstić information content (AvgIpc) is 3.14. The third-order valence-corrected chi connectivity index (χ3v) is 7.64. The zero-order chi connectivity index (χ0) is 22.2. The maximum atomic E-state index is 13.6. The van der Waals surface area contributed by atoms with Gasteiger partial charge in [-0.15, -0.1) is 0 Å². The molecule has 0 aliphatic carbocycles. The SMILES string of the molecule is O=C(c1ccnc(N2CCOCC2)c1)N1C2CCC1CC(Cc1cccc3ncccc13)C2. The van der Waals surface area contributed by atoms with Gasteiger partial charge in [-0.3, -0.25) is 9.78 Å². The lowest BCUT2D eigenvalue weighted by atomic mass is 9.84. The summed E-state index contributed by atoms with van der Waals surface area (Å²) in [5.41, 5.74) is 3.22. The van der Waals surface area contributed by atoms with Crippen LogP contribution in [-0.4, -0.2) is 59.2 Å². The second-order valence-corrected chi connectivity index (χ2v) is 9.63. The fraction of sp³-hybridized carbons (Fsp3) is 0.444. The molecule has 3 aromatic rings. The van der Waals surface area contributed by atoms with Crippen LogP contribution in [0.5, 0.6) is 0 Å². The van der Waals surface area contributed by atoms with Crippen molar-refractivity contribution in [3.63, 3.8) is 0 Å². The van der Waals surface area contributed by atoms with E-state index < -0.39 is 0 Å². The van der Waals surface area contributed by atoms with Crippen LogP contribution in [0.3, 0.4) is 0 Å². The number of piperidine rings is 1. The van der Waals surface area contributed by atoms with Gasteiger partial charge in [0.1, 0.15) is 5.82 Å². The van der Waals surface area contributed by atoms with Gasteiger partial charge in [0.2, 0.25) is 0 Å². The van der Waals surface area contributed by atoms with E-state index in [1.165, 1.54) is 10.9 Å². The van der Waals surface area contributed by atoms with Crippen molar-refractivity contribution in [3.05, 3.63) is 66.0 Å². The number of ether oxygens (including phenoxy) is 1. The van der Waals surface area contributed by atoms with Gasteiger partial charge < -0.3 is 14.5 Å². The van der Waals surface area contributed by atoms with E-state index in [1.807, 2.05) is 24.4 Å². The molecule has 3 fully saturated rings. The number of fused-ring (bicyclic) bond motifs is 3. The average molecular weight is 443 g/mol. The van der Waals surface area contributed by atoms with Crippen LogP contribution in [0.15, 0.2) is 54.9 Å². The minimum absolute atomic E-state index is 0.173. The van der Waals surface area contributed by atoms with Gasteiger partial charge in [-0.1, -0.05) is 18.2 Å². The summed E-state index contributed by atoms with van der Waals surface area (Å²) in [6, 6.07) is 15.2. The van der Waals surface area contributed by atoms with E-state index in [9.17, 15) is 4.79 Å². The first-order valence-electron chi connectivity index (χ1n) is 12.2. The number of rotatable bonds is 4. The van der Waals surface area contributed by atoms with Crippen molar-refractivity contribution >= 4 is 22.6 Å². The molecule has 0 N–H and O–H groups in total. The van der Waals surface area contributed by atoms with E-state index >= 15 is 0 Å². The summed E-state index contributed by atoms with van der Waals surface area (Å²) in [5, 5.41) is 1.26.